The van der Waals surface area contributed by atoms with Crippen molar-refractivity contribution in [3.05, 3.63) is 42.5 Å². The molecule has 0 saturated carbocycles. The maximum absolute atomic E-state index is 11.7. The van der Waals surface area contributed by atoms with Crippen molar-refractivity contribution in [2.75, 3.05) is 11.2 Å². The topological polar surface area (TPSA) is 29.1 Å². The summed E-state index contributed by atoms with van der Waals surface area (Å²) in [4.78, 5) is 11.7. The Labute approximate surface area is 112 Å². The van der Waals surface area contributed by atoms with Crippen LogP contribution in [0.4, 0.5) is 5.69 Å². The average molecular weight is 262 g/mol. The lowest BCUT2D eigenvalue weighted by molar-refractivity contribution is -0.116. The summed E-state index contributed by atoms with van der Waals surface area (Å²) in [7, 11) is 0. The molecule has 0 fully saturated rings. The number of benzene rings is 2. The molecule has 0 spiro atoms. The first-order valence-electron chi connectivity index (χ1n) is 6.14. The fourth-order valence-corrected chi connectivity index (χ4v) is 2.06. The molecule has 18 heavy (non-hydrogen) atoms. The van der Waals surface area contributed by atoms with Gasteiger partial charge in [0, 0.05) is 18.0 Å². The van der Waals surface area contributed by atoms with Crippen molar-refractivity contribution < 1.29 is 4.79 Å². The van der Waals surface area contributed by atoms with Gasteiger partial charge in [0.2, 0.25) is 5.91 Å². The van der Waals surface area contributed by atoms with Crippen molar-refractivity contribution >= 4 is 34.0 Å². The molecule has 0 heterocycles. The van der Waals surface area contributed by atoms with Gasteiger partial charge in [-0.2, -0.15) is 0 Å². The standard InChI is InChI=1S/C15H16ClNO/c16-10-4-3-7-15(18)17-14-9-8-12-5-1-2-6-13(12)11-14/h1-2,5-6,8-9,11H,3-4,7,10H2,(H,17,18). The highest BCUT2D eigenvalue weighted by Gasteiger charge is 2.02. The lowest BCUT2D eigenvalue weighted by Crippen LogP contribution is -2.10. The van der Waals surface area contributed by atoms with Crippen LogP contribution in [-0.2, 0) is 4.79 Å². The molecule has 0 aliphatic carbocycles. The van der Waals surface area contributed by atoms with E-state index < -0.39 is 0 Å². The zero-order valence-corrected chi connectivity index (χ0v) is 10.9. The van der Waals surface area contributed by atoms with Crippen molar-refractivity contribution in [2.24, 2.45) is 0 Å². The van der Waals surface area contributed by atoms with E-state index in [2.05, 4.69) is 11.4 Å². The van der Waals surface area contributed by atoms with Gasteiger partial charge >= 0.3 is 0 Å². The summed E-state index contributed by atoms with van der Waals surface area (Å²) in [6.45, 7) is 0. The van der Waals surface area contributed by atoms with E-state index in [1.54, 1.807) is 0 Å². The van der Waals surface area contributed by atoms with Crippen LogP contribution in [0.25, 0.3) is 10.8 Å². The second-order valence-corrected chi connectivity index (χ2v) is 4.63. The highest BCUT2D eigenvalue weighted by atomic mass is 35.5. The smallest absolute Gasteiger partial charge is 0.224 e. The van der Waals surface area contributed by atoms with Crippen molar-refractivity contribution in [2.45, 2.75) is 19.3 Å². The van der Waals surface area contributed by atoms with Gasteiger partial charge in [-0.05, 0) is 35.7 Å². The highest BCUT2D eigenvalue weighted by Crippen LogP contribution is 2.19. The number of carbonyl (C=O) groups excluding carboxylic acids is 1. The zero-order valence-electron chi connectivity index (χ0n) is 10.2. The first-order chi connectivity index (χ1) is 8.79. The summed E-state index contributed by atoms with van der Waals surface area (Å²) in [5, 5.41) is 5.22. The fraction of sp³-hybridized carbons (Fsp3) is 0.267. The summed E-state index contributed by atoms with van der Waals surface area (Å²) in [5.74, 6) is 0.666. The molecule has 0 aliphatic heterocycles. The second-order valence-electron chi connectivity index (χ2n) is 4.26. The molecule has 0 aromatic heterocycles. The molecule has 2 aromatic rings. The molecule has 3 heteroatoms. The van der Waals surface area contributed by atoms with Gasteiger partial charge in [0.25, 0.3) is 0 Å². The molecule has 0 atom stereocenters. The van der Waals surface area contributed by atoms with Crippen LogP contribution in [0.5, 0.6) is 0 Å². The van der Waals surface area contributed by atoms with Gasteiger partial charge in [-0.25, -0.2) is 0 Å². The number of nitrogens with one attached hydrogen (secondary N) is 1. The van der Waals surface area contributed by atoms with Crippen molar-refractivity contribution in [1.82, 2.24) is 0 Å². The lowest BCUT2D eigenvalue weighted by atomic mass is 10.1. The van der Waals surface area contributed by atoms with Crippen molar-refractivity contribution in [1.29, 1.82) is 0 Å². The van der Waals surface area contributed by atoms with Gasteiger partial charge in [-0.3, -0.25) is 4.79 Å². The molecule has 2 aromatic carbocycles. The van der Waals surface area contributed by atoms with Crippen LogP contribution < -0.4 is 5.32 Å². The number of unbranched alkanes of at least 4 members (excludes halogenated alkanes) is 1. The summed E-state index contributed by atoms with van der Waals surface area (Å²) >= 11 is 5.58. The first-order valence-corrected chi connectivity index (χ1v) is 6.67. The van der Waals surface area contributed by atoms with E-state index in [-0.39, 0.29) is 5.91 Å². The Morgan fingerprint density at radius 3 is 2.61 bits per heavy atom. The summed E-state index contributed by atoms with van der Waals surface area (Å²) in [5.41, 5.74) is 0.851. The molecule has 0 bridgehead atoms. The Kier molecular flexibility index (Phi) is 4.59. The molecular formula is C15H16ClNO. The number of halogens is 1. The maximum Gasteiger partial charge on any atom is 0.224 e. The summed E-state index contributed by atoms with van der Waals surface area (Å²) < 4.78 is 0. The minimum absolute atomic E-state index is 0.0513. The number of rotatable bonds is 5. The first kappa shape index (κ1) is 12.9. The zero-order chi connectivity index (χ0) is 12.8. The van der Waals surface area contributed by atoms with E-state index in [1.807, 2.05) is 36.4 Å². The van der Waals surface area contributed by atoms with Gasteiger partial charge in [0.05, 0.1) is 0 Å². The van der Waals surface area contributed by atoms with E-state index in [1.165, 1.54) is 5.39 Å². The number of carbonyl (C=O) groups is 1. The molecule has 0 unspecified atom stereocenters. The van der Waals surface area contributed by atoms with Crippen LogP contribution in [0, 0.1) is 0 Å². The van der Waals surface area contributed by atoms with E-state index >= 15 is 0 Å². The van der Waals surface area contributed by atoms with E-state index in [0.29, 0.717) is 12.3 Å². The van der Waals surface area contributed by atoms with Crippen LogP contribution in [0.3, 0.4) is 0 Å². The molecule has 0 radical (unpaired) electrons. The quantitative estimate of drug-likeness (QED) is 0.635. The van der Waals surface area contributed by atoms with Gasteiger partial charge in [0.15, 0.2) is 0 Å². The van der Waals surface area contributed by atoms with Gasteiger partial charge in [-0.1, -0.05) is 30.3 Å². The normalized spacial score (nSPS) is 10.5. The molecule has 94 valence electrons. The monoisotopic (exact) mass is 261 g/mol. The van der Waals surface area contributed by atoms with Crippen LogP contribution in [0.1, 0.15) is 19.3 Å². The molecule has 2 rings (SSSR count). The fourth-order valence-electron chi connectivity index (χ4n) is 1.87. The maximum atomic E-state index is 11.7. The summed E-state index contributed by atoms with van der Waals surface area (Å²) in [6, 6.07) is 14.0. The molecule has 0 aliphatic rings. The largest absolute Gasteiger partial charge is 0.326 e. The molecule has 0 saturated heterocycles. The van der Waals surface area contributed by atoms with Gasteiger partial charge in [0.1, 0.15) is 0 Å². The van der Waals surface area contributed by atoms with Crippen LogP contribution in [0.2, 0.25) is 0 Å². The average Bonchev–Trinajstić information content (AvgIpc) is 2.39. The van der Waals surface area contributed by atoms with E-state index in [4.69, 9.17) is 11.6 Å². The van der Waals surface area contributed by atoms with Crippen molar-refractivity contribution in [3.8, 4) is 0 Å². The van der Waals surface area contributed by atoms with Gasteiger partial charge < -0.3 is 5.32 Å². The third-order valence-electron chi connectivity index (χ3n) is 2.82. The number of amides is 1. The molecule has 2 nitrogen and oxygen atoms in total. The number of alkyl halides is 1. The molecular weight excluding hydrogens is 246 g/mol. The third-order valence-corrected chi connectivity index (χ3v) is 3.09. The van der Waals surface area contributed by atoms with Crippen LogP contribution >= 0.6 is 11.6 Å². The highest BCUT2D eigenvalue weighted by molar-refractivity contribution is 6.17. The Hall–Kier alpha value is -1.54. The Morgan fingerprint density at radius 2 is 1.83 bits per heavy atom. The van der Waals surface area contributed by atoms with Gasteiger partial charge in [-0.15, -0.1) is 11.6 Å². The Morgan fingerprint density at radius 1 is 1.06 bits per heavy atom. The Balaban J connectivity index is 2.01. The predicted octanol–water partition coefficient (Wildman–Crippen LogP) is 4.19. The third kappa shape index (κ3) is 3.47. The number of hydrogen-bond acceptors (Lipinski definition) is 1. The Bertz CT molecular complexity index is 539. The predicted molar refractivity (Wildman–Crippen MR) is 77.1 cm³/mol. The number of anilines is 1. The second kappa shape index (κ2) is 6.41. The molecule has 1 amide bonds. The molecule has 1 N–H and O–H groups in total. The number of fused-ring (bicyclic) bond motifs is 1. The van der Waals surface area contributed by atoms with E-state index in [9.17, 15) is 4.79 Å². The lowest BCUT2D eigenvalue weighted by Gasteiger charge is -2.06. The van der Waals surface area contributed by atoms with E-state index in [0.717, 1.165) is 23.9 Å². The summed E-state index contributed by atoms with van der Waals surface area (Å²) in [6.07, 6.45) is 2.25. The van der Waals surface area contributed by atoms with Crippen LogP contribution in [0.15, 0.2) is 42.5 Å². The van der Waals surface area contributed by atoms with Crippen molar-refractivity contribution in [3.63, 3.8) is 0 Å². The number of hydrogen-bond donors (Lipinski definition) is 1. The van der Waals surface area contributed by atoms with Crippen LogP contribution in [-0.4, -0.2) is 11.8 Å². The minimum Gasteiger partial charge on any atom is -0.326 e. The minimum atomic E-state index is 0.0513. The SMILES string of the molecule is O=C(CCCCCl)Nc1ccc2ccccc2c1.